The molecule has 130 valence electrons. The molecule has 0 radical (unpaired) electrons. The van der Waals surface area contributed by atoms with Gasteiger partial charge in [0.25, 0.3) is 15.9 Å². The van der Waals surface area contributed by atoms with Gasteiger partial charge in [-0.2, -0.15) is 0 Å². The van der Waals surface area contributed by atoms with Crippen molar-refractivity contribution in [3.63, 3.8) is 0 Å². The number of carbonyl (C=O) groups is 1. The van der Waals surface area contributed by atoms with Gasteiger partial charge in [-0.05, 0) is 28.8 Å². The molecule has 3 heterocycles. The van der Waals surface area contributed by atoms with Gasteiger partial charge in [0.15, 0.2) is 0 Å². The van der Waals surface area contributed by atoms with Crippen molar-refractivity contribution in [3.8, 4) is 0 Å². The minimum Gasteiger partial charge on any atom is -0.348 e. The number of amidine groups is 1. The molecule has 0 fully saturated rings. The van der Waals surface area contributed by atoms with Crippen LogP contribution in [-0.4, -0.2) is 37.4 Å². The van der Waals surface area contributed by atoms with Crippen LogP contribution in [0.25, 0.3) is 0 Å². The van der Waals surface area contributed by atoms with Crippen LogP contribution in [0.3, 0.4) is 0 Å². The van der Waals surface area contributed by atoms with Crippen LogP contribution in [-0.2, 0) is 34.5 Å². The molecule has 0 aromatic heterocycles. The molecule has 0 unspecified atom stereocenters. The lowest BCUT2D eigenvalue weighted by atomic mass is 10.1. The van der Waals surface area contributed by atoms with E-state index in [-0.39, 0.29) is 11.7 Å². The van der Waals surface area contributed by atoms with Crippen molar-refractivity contribution in [1.29, 1.82) is 0 Å². The first kappa shape index (κ1) is 16.0. The van der Waals surface area contributed by atoms with Gasteiger partial charge in [0.2, 0.25) is 0 Å². The molecule has 0 bridgehead atoms. The summed E-state index contributed by atoms with van der Waals surface area (Å²) in [6.45, 7) is 2.52. The SMILES string of the molecule is O=C(NCc1ccc2c(c1)CNC2)C1=CN2CCS(=O)(=O)N=C2C=C1. The maximum Gasteiger partial charge on any atom is 0.256 e. The average molecular weight is 358 g/mol. The maximum atomic E-state index is 12.4. The average Bonchev–Trinajstić information content (AvgIpc) is 3.06. The molecular formula is C17H18N4O3S. The van der Waals surface area contributed by atoms with Gasteiger partial charge in [-0.1, -0.05) is 18.2 Å². The lowest BCUT2D eigenvalue weighted by molar-refractivity contribution is -0.117. The first-order valence-electron chi connectivity index (χ1n) is 8.09. The van der Waals surface area contributed by atoms with Crippen LogP contribution >= 0.6 is 0 Å². The van der Waals surface area contributed by atoms with Crippen LogP contribution in [0.5, 0.6) is 0 Å². The lowest BCUT2D eigenvalue weighted by Crippen LogP contribution is -2.38. The highest BCUT2D eigenvalue weighted by Crippen LogP contribution is 2.18. The van der Waals surface area contributed by atoms with Crippen LogP contribution in [0.1, 0.15) is 16.7 Å². The highest BCUT2D eigenvalue weighted by Gasteiger charge is 2.24. The first-order valence-corrected chi connectivity index (χ1v) is 9.70. The molecule has 0 aliphatic carbocycles. The van der Waals surface area contributed by atoms with E-state index in [1.54, 1.807) is 23.3 Å². The highest BCUT2D eigenvalue weighted by atomic mass is 32.2. The Balaban J connectivity index is 1.42. The summed E-state index contributed by atoms with van der Waals surface area (Å²) in [5, 5.41) is 6.21. The van der Waals surface area contributed by atoms with Crippen LogP contribution in [0, 0.1) is 0 Å². The van der Waals surface area contributed by atoms with Crippen molar-refractivity contribution in [2.45, 2.75) is 19.6 Å². The van der Waals surface area contributed by atoms with E-state index in [9.17, 15) is 13.2 Å². The molecule has 0 saturated carbocycles. The van der Waals surface area contributed by atoms with E-state index >= 15 is 0 Å². The van der Waals surface area contributed by atoms with Gasteiger partial charge in [0.05, 0.1) is 11.3 Å². The highest BCUT2D eigenvalue weighted by molar-refractivity contribution is 7.90. The number of hydrogen-bond acceptors (Lipinski definition) is 5. The molecule has 0 saturated heterocycles. The summed E-state index contributed by atoms with van der Waals surface area (Å²) in [6.07, 6.45) is 4.81. The summed E-state index contributed by atoms with van der Waals surface area (Å²) in [7, 11) is -3.38. The molecule has 3 aliphatic rings. The molecule has 7 nitrogen and oxygen atoms in total. The molecule has 0 spiro atoms. The Morgan fingerprint density at radius 3 is 2.96 bits per heavy atom. The second-order valence-corrected chi connectivity index (χ2v) is 7.99. The molecule has 2 N–H and O–H groups in total. The standard InChI is InChI=1S/C17H18N4O3S/c22-17(19-8-12-1-2-13-9-18-10-15(13)7-12)14-3-4-16-20-25(23,24)6-5-21(16)11-14/h1-4,7,11,18H,5-6,8-10H2,(H,19,22). The first-order chi connectivity index (χ1) is 12.0. The van der Waals surface area contributed by atoms with Gasteiger partial charge in [-0.3, -0.25) is 4.79 Å². The van der Waals surface area contributed by atoms with Gasteiger partial charge in [0.1, 0.15) is 5.84 Å². The molecule has 8 heteroatoms. The second kappa shape index (κ2) is 6.12. The Labute approximate surface area is 146 Å². The number of nitrogens with zero attached hydrogens (tertiary/aromatic N) is 2. The molecule has 0 atom stereocenters. The Morgan fingerprint density at radius 2 is 2.08 bits per heavy atom. The summed E-state index contributed by atoms with van der Waals surface area (Å²) < 4.78 is 26.7. The zero-order valence-electron chi connectivity index (χ0n) is 13.5. The van der Waals surface area contributed by atoms with Gasteiger partial charge >= 0.3 is 0 Å². The lowest BCUT2D eigenvalue weighted by Gasteiger charge is -2.26. The van der Waals surface area contributed by atoms with Gasteiger partial charge < -0.3 is 15.5 Å². The number of rotatable bonds is 3. The third-order valence-corrected chi connectivity index (χ3v) is 5.60. The topological polar surface area (TPSA) is 90.9 Å². The number of benzene rings is 1. The number of carbonyl (C=O) groups excluding carboxylic acids is 1. The Morgan fingerprint density at radius 1 is 1.24 bits per heavy atom. The van der Waals surface area contributed by atoms with Crippen molar-refractivity contribution in [1.82, 2.24) is 15.5 Å². The van der Waals surface area contributed by atoms with E-state index in [1.807, 2.05) is 6.07 Å². The Hall–Kier alpha value is -2.45. The molecule has 25 heavy (non-hydrogen) atoms. The fourth-order valence-electron chi connectivity index (χ4n) is 3.08. The minimum absolute atomic E-state index is 0.0428. The van der Waals surface area contributed by atoms with E-state index < -0.39 is 10.0 Å². The third-order valence-electron chi connectivity index (χ3n) is 4.44. The van der Waals surface area contributed by atoms with Gasteiger partial charge in [-0.15, -0.1) is 4.40 Å². The van der Waals surface area contributed by atoms with Crippen molar-refractivity contribution in [2.24, 2.45) is 4.40 Å². The van der Waals surface area contributed by atoms with Crippen LogP contribution in [0.4, 0.5) is 0 Å². The molecular weight excluding hydrogens is 340 g/mol. The summed E-state index contributed by atoms with van der Waals surface area (Å²) in [4.78, 5) is 14.1. The van der Waals surface area contributed by atoms with E-state index in [1.165, 1.54) is 11.1 Å². The summed E-state index contributed by atoms with van der Waals surface area (Å²) in [5.74, 6) is 0.120. The second-order valence-electron chi connectivity index (χ2n) is 6.24. The van der Waals surface area contributed by atoms with Crippen molar-refractivity contribution in [2.75, 3.05) is 12.3 Å². The fraction of sp³-hybridized carbons (Fsp3) is 0.294. The van der Waals surface area contributed by atoms with Gasteiger partial charge in [-0.25, -0.2) is 8.42 Å². The quantitative estimate of drug-likeness (QED) is 0.816. The van der Waals surface area contributed by atoms with E-state index in [2.05, 4.69) is 27.2 Å². The Bertz CT molecular complexity index is 931. The third kappa shape index (κ3) is 3.35. The van der Waals surface area contributed by atoms with Crippen molar-refractivity contribution >= 4 is 21.8 Å². The zero-order valence-corrected chi connectivity index (χ0v) is 14.3. The number of amides is 1. The maximum absolute atomic E-state index is 12.4. The summed E-state index contributed by atoms with van der Waals surface area (Å²) in [6, 6.07) is 6.23. The van der Waals surface area contributed by atoms with Crippen LogP contribution in [0.15, 0.2) is 46.5 Å². The smallest absolute Gasteiger partial charge is 0.256 e. The summed E-state index contributed by atoms with van der Waals surface area (Å²) >= 11 is 0. The minimum atomic E-state index is -3.38. The number of fused-ring (bicyclic) bond motifs is 2. The van der Waals surface area contributed by atoms with Crippen molar-refractivity contribution < 1.29 is 13.2 Å². The Kier molecular flexibility index (Phi) is 3.93. The monoisotopic (exact) mass is 358 g/mol. The van der Waals surface area contributed by atoms with Crippen LogP contribution in [0.2, 0.25) is 0 Å². The predicted molar refractivity (Wildman–Crippen MR) is 94.0 cm³/mol. The normalized spacial score (nSPS) is 20.4. The predicted octanol–water partition coefficient (Wildman–Crippen LogP) is 0.404. The van der Waals surface area contributed by atoms with E-state index in [0.717, 1.165) is 18.7 Å². The largest absolute Gasteiger partial charge is 0.348 e. The number of nitrogens with one attached hydrogen (secondary N) is 2. The fourth-order valence-corrected chi connectivity index (χ4v) is 4.05. The van der Waals surface area contributed by atoms with E-state index in [4.69, 9.17) is 0 Å². The molecule has 1 aromatic rings. The van der Waals surface area contributed by atoms with E-state index in [0.29, 0.717) is 24.5 Å². The molecule has 1 aromatic carbocycles. The van der Waals surface area contributed by atoms with Crippen molar-refractivity contribution in [3.05, 3.63) is 58.8 Å². The molecule has 3 aliphatic heterocycles. The summed E-state index contributed by atoms with van der Waals surface area (Å²) in [5.41, 5.74) is 4.13. The molecule has 1 amide bonds. The zero-order chi connectivity index (χ0) is 17.4. The number of hydrogen-bond donors (Lipinski definition) is 2. The molecule has 4 rings (SSSR count). The number of sulfonamides is 1. The van der Waals surface area contributed by atoms with Gasteiger partial charge in [0, 0.05) is 32.4 Å². The van der Waals surface area contributed by atoms with Crippen LogP contribution < -0.4 is 10.6 Å².